The molecule has 41 heavy (non-hydrogen) atoms. The van der Waals surface area contributed by atoms with Crippen LogP contribution in [0.15, 0.2) is 59.0 Å². The zero-order valence-electron chi connectivity index (χ0n) is 22.4. The lowest BCUT2D eigenvalue weighted by atomic mass is 10.0. The molecule has 9 nitrogen and oxygen atoms in total. The van der Waals surface area contributed by atoms with Gasteiger partial charge in [0, 0.05) is 37.0 Å². The molecule has 214 valence electrons. The number of halogens is 3. The summed E-state index contributed by atoms with van der Waals surface area (Å²) < 4.78 is 51.2. The van der Waals surface area contributed by atoms with Gasteiger partial charge in [-0.05, 0) is 29.8 Å². The Morgan fingerprint density at radius 2 is 1.83 bits per heavy atom. The van der Waals surface area contributed by atoms with Gasteiger partial charge in [0.05, 0.1) is 19.7 Å². The Morgan fingerprint density at radius 3 is 2.49 bits per heavy atom. The van der Waals surface area contributed by atoms with Crippen molar-refractivity contribution >= 4 is 22.7 Å². The maximum atomic E-state index is 13.8. The molecule has 0 aliphatic carbocycles. The van der Waals surface area contributed by atoms with Gasteiger partial charge in [0.2, 0.25) is 11.8 Å². The molecular weight excluding hydrogens is 539 g/mol. The Balaban J connectivity index is 1.51. The van der Waals surface area contributed by atoms with Crippen LogP contribution in [0.2, 0.25) is 0 Å². The predicted octanol–water partition coefficient (Wildman–Crippen LogP) is 4.81. The molecule has 5 rings (SSSR count). The lowest BCUT2D eigenvalue weighted by Gasteiger charge is -2.41. The first-order chi connectivity index (χ1) is 19.7. The fraction of sp³-hybridized carbons (Fsp3) is 0.310. The lowest BCUT2D eigenvalue weighted by molar-refractivity contribution is -0.141. The van der Waals surface area contributed by atoms with Crippen molar-refractivity contribution in [3.05, 3.63) is 77.3 Å². The Kier molecular flexibility index (Phi) is 7.68. The van der Waals surface area contributed by atoms with E-state index in [1.54, 1.807) is 22.8 Å². The lowest BCUT2D eigenvalue weighted by Crippen LogP contribution is -2.52. The normalized spacial score (nSPS) is 15.8. The number of methoxy groups -OCH3 is 1. The molecule has 0 radical (unpaired) electrons. The van der Waals surface area contributed by atoms with Gasteiger partial charge in [0.15, 0.2) is 11.5 Å². The monoisotopic (exact) mass is 567 g/mol. The van der Waals surface area contributed by atoms with Crippen molar-refractivity contribution in [3.63, 3.8) is 0 Å². The summed E-state index contributed by atoms with van der Waals surface area (Å²) in [6, 6.07) is 14.3. The van der Waals surface area contributed by atoms with E-state index in [4.69, 9.17) is 14.9 Å². The average molecular weight is 568 g/mol. The number of benzene rings is 2. The third kappa shape index (κ3) is 5.34. The van der Waals surface area contributed by atoms with E-state index in [0.717, 1.165) is 11.6 Å². The Bertz CT molecular complexity index is 1590. The third-order valence-corrected chi connectivity index (χ3v) is 7.12. The van der Waals surface area contributed by atoms with Crippen LogP contribution in [0.4, 0.5) is 13.2 Å². The van der Waals surface area contributed by atoms with Crippen LogP contribution in [-0.4, -0.2) is 58.3 Å². The fourth-order valence-corrected chi connectivity index (χ4v) is 5.05. The van der Waals surface area contributed by atoms with Crippen LogP contribution in [0, 0.1) is 0 Å². The summed E-state index contributed by atoms with van der Waals surface area (Å²) >= 11 is 0. The van der Waals surface area contributed by atoms with E-state index in [2.05, 4.69) is 9.97 Å². The molecule has 1 aliphatic rings. The second-order valence-electron chi connectivity index (χ2n) is 9.52. The number of aromatic nitrogens is 2. The standard InChI is InChI=1S/C29H28F3N5O4/c1-3-24(38)37-14-13-36(16-20(37)17-7-5-4-6-8-17)28(39)26-22(15-33)41-27(35-26)19-9-11-21(40-2)25-18(19)10-12-23(34-25)29(30,31)32/h4-12,20H,3,13-16,33H2,1-2H3/t20-/m0/s1. The van der Waals surface area contributed by atoms with E-state index in [-0.39, 0.29) is 60.2 Å². The maximum Gasteiger partial charge on any atom is 0.433 e. The van der Waals surface area contributed by atoms with Gasteiger partial charge in [-0.15, -0.1) is 0 Å². The first-order valence-electron chi connectivity index (χ1n) is 13.0. The summed E-state index contributed by atoms with van der Waals surface area (Å²) in [4.78, 5) is 38.1. The topological polar surface area (TPSA) is 115 Å². The van der Waals surface area contributed by atoms with Crippen LogP contribution in [-0.2, 0) is 17.5 Å². The molecule has 1 aliphatic heterocycles. The second-order valence-corrected chi connectivity index (χ2v) is 9.52. The van der Waals surface area contributed by atoms with Gasteiger partial charge < -0.3 is 24.7 Å². The van der Waals surface area contributed by atoms with Crippen molar-refractivity contribution in [2.45, 2.75) is 32.1 Å². The number of hydrogen-bond donors (Lipinski definition) is 1. The molecule has 2 aromatic heterocycles. The molecule has 0 unspecified atom stereocenters. The van der Waals surface area contributed by atoms with Gasteiger partial charge in [-0.3, -0.25) is 9.59 Å². The van der Waals surface area contributed by atoms with Crippen LogP contribution in [0.3, 0.4) is 0 Å². The number of piperazine rings is 1. The van der Waals surface area contributed by atoms with Gasteiger partial charge in [-0.25, -0.2) is 9.97 Å². The number of fused-ring (bicyclic) bond motifs is 1. The zero-order chi connectivity index (χ0) is 29.3. The summed E-state index contributed by atoms with van der Waals surface area (Å²) in [5.74, 6) is -0.130. The molecule has 0 bridgehead atoms. The smallest absolute Gasteiger partial charge is 0.433 e. The fourth-order valence-electron chi connectivity index (χ4n) is 5.05. The number of rotatable bonds is 6. The number of nitrogens with zero attached hydrogens (tertiary/aromatic N) is 4. The van der Waals surface area contributed by atoms with Gasteiger partial charge >= 0.3 is 6.18 Å². The highest BCUT2D eigenvalue weighted by atomic mass is 19.4. The Labute approximate surface area is 233 Å². The highest BCUT2D eigenvalue weighted by molar-refractivity contribution is 5.98. The molecule has 1 saturated heterocycles. The number of nitrogens with two attached hydrogens (primary N) is 1. The van der Waals surface area contributed by atoms with Crippen molar-refractivity contribution in [2.75, 3.05) is 26.7 Å². The number of alkyl halides is 3. The molecule has 12 heteroatoms. The molecule has 3 heterocycles. The van der Waals surface area contributed by atoms with Crippen LogP contribution in [0.25, 0.3) is 22.4 Å². The Hall–Kier alpha value is -4.45. The molecule has 4 aromatic rings. The highest BCUT2D eigenvalue weighted by Crippen LogP contribution is 2.37. The van der Waals surface area contributed by atoms with E-state index < -0.39 is 17.8 Å². The predicted molar refractivity (Wildman–Crippen MR) is 144 cm³/mol. The summed E-state index contributed by atoms with van der Waals surface area (Å²) in [5.41, 5.74) is 6.07. The van der Waals surface area contributed by atoms with E-state index in [1.807, 2.05) is 30.3 Å². The van der Waals surface area contributed by atoms with Gasteiger partial charge in [0.25, 0.3) is 5.91 Å². The summed E-state index contributed by atoms with van der Waals surface area (Å²) in [5, 5.41) is 0.303. The minimum Gasteiger partial charge on any atom is -0.494 e. The Morgan fingerprint density at radius 1 is 1.07 bits per heavy atom. The maximum absolute atomic E-state index is 13.8. The van der Waals surface area contributed by atoms with E-state index in [9.17, 15) is 22.8 Å². The van der Waals surface area contributed by atoms with Crippen molar-refractivity contribution in [3.8, 4) is 17.2 Å². The number of oxazole rings is 1. The highest BCUT2D eigenvalue weighted by Gasteiger charge is 2.36. The number of amides is 2. The van der Waals surface area contributed by atoms with Crippen molar-refractivity contribution < 1.29 is 31.9 Å². The minimum absolute atomic E-state index is 0.00780. The first-order valence-corrected chi connectivity index (χ1v) is 13.0. The number of carbonyl (C=O) groups is 2. The molecule has 1 atom stereocenters. The van der Waals surface area contributed by atoms with E-state index in [0.29, 0.717) is 23.9 Å². The number of hydrogen-bond acceptors (Lipinski definition) is 7. The SMILES string of the molecule is CCC(=O)N1CCN(C(=O)c2nc(-c3ccc(OC)c4nc(C(F)(F)F)ccc34)oc2CN)C[C@H]1c1ccccc1. The molecule has 2 aromatic carbocycles. The molecule has 2 N–H and O–H groups in total. The average Bonchev–Trinajstić information content (AvgIpc) is 3.43. The van der Waals surface area contributed by atoms with Gasteiger partial charge in [-0.1, -0.05) is 37.3 Å². The quantitative estimate of drug-likeness (QED) is 0.356. The van der Waals surface area contributed by atoms with Gasteiger partial charge in [-0.2, -0.15) is 13.2 Å². The first kappa shape index (κ1) is 28.1. The third-order valence-electron chi connectivity index (χ3n) is 7.12. The minimum atomic E-state index is -4.65. The van der Waals surface area contributed by atoms with Crippen molar-refractivity contribution in [2.24, 2.45) is 5.73 Å². The number of ether oxygens (including phenoxy) is 1. The van der Waals surface area contributed by atoms with Gasteiger partial charge in [0.1, 0.15) is 17.0 Å². The van der Waals surface area contributed by atoms with Crippen molar-refractivity contribution in [1.82, 2.24) is 19.8 Å². The summed E-state index contributed by atoms with van der Waals surface area (Å²) in [6.45, 7) is 2.55. The van der Waals surface area contributed by atoms with E-state index >= 15 is 0 Å². The van der Waals surface area contributed by atoms with Crippen molar-refractivity contribution in [1.29, 1.82) is 0 Å². The van der Waals surface area contributed by atoms with Crippen LogP contribution < -0.4 is 10.5 Å². The second kappa shape index (κ2) is 11.2. The number of pyridine rings is 1. The van der Waals surface area contributed by atoms with Crippen LogP contribution >= 0.6 is 0 Å². The molecule has 1 fully saturated rings. The zero-order valence-corrected chi connectivity index (χ0v) is 22.4. The van der Waals surface area contributed by atoms with Crippen LogP contribution in [0.1, 0.15) is 46.9 Å². The summed E-state index contributed by atoms with van der Waals surface area (Å²) in [7, 11) is 1.33. The molecule has 0 saturated carbocycles. The van der Waals surface area contributed by atoms with E-state index in [1.165, 1.54) is 19.2 Å². The van der Waals surface area contributed by atoms with Crippen LogP contribution in [0.5, 0.6) is 5.75 Å². The largest absolute Gasteiger partial charge is 0.494 e. The molecule has 0 spiro atoms. The molecular formula is C29H28F3N5O4. The summed E-state index contributed by atoms with van der Waals surface area (Å²) in [6.07, 6.45) is -4.30. The number of carbonyl (C=O) groups excluding carboxylic acids is 2. The molecule has 2 amide bonds.